The Hall–Kier alpha value is -1.62. The Morgan fingerprint density at radius 3 is 3.00 bits per heavy atom. The van der Waals surface area contributed by atoms with Gasteiger partial charge in [0.2, 0.25) is 0 Å². The number of fused-ring (bicyclic) bond motifs is 1. The van der Waals surface area contributed by atoms with Crippen LogP contribution in [0.25, 0.3) is 22.3 Å². The molecule has 0 amide bonds. The first-order valence-corrected chi connectivity index (χ1v) is 5.26. The van der Waals surface area contributed by atoms with E-state index in [0.29, 0.717) is 0 Å². The molecule has 0 bridgehead atoms. The van der Waals surface area contributed by atoms with Crippen LogP contribution >= 0.6 is 15.9 Å². The molecule has 0 spiro atoms. The van der Waals surface area contributed by atoms with E-state index in [1.165, 1.54) is 0 Å². The van der Waals surface area contributed by atoms with Gasteiger partial charge in [-0.2, -0.15) is 5.10 Å². The fourth-order valence-corrected chi connectivity index (χ4v) is 1.97. The zero-order chi connectivity index (χ0) is 10.3. The van der Waals surface area contributed by atoms with Crippen LogP contribution in [0.1, 0.15) is 0 Å². The molecule has 3 aromatic heterocycles. The highest BCUT2D eigenvalue weighted by Crippen LogP contribution is 2.27. The molecule has 74 valence electrons. The lowest BCUT2D eigenvalue weighted by atomic mass is 10.2. The molecule has 0 aliphatic rings. The van der Waals surface area contributed by atoms with Crippen LogP contribution in [0.15, 0.2) is 35.2 Å². The standard InChI is InChI=1S/C10H7BrN4/c11-8-1-2-12-10-7(8)3-9(15-10)6-4-13-14-5-6/h1-5H,(H,12,15)(H,13,14). The minimum Gasteiger partial charge on any atom is -0.339 e. The van der Waals surface area contributed by atoms with Crippen LogP contribution in [0.2, 0.25) is 0 Å². The van der Waals surface area contributed by atoms with Gasteiger partial charge in [0.25, 0.3) is 0 Å². The van der Waals surface area contributed by atoms with Gasteiger partial charge in [-0.1, -0.05) is 0 Å². The quantitative estimate of drug-likeness (QED) is 0.709. The summed E-state index contributed by atoms with van der Waals surface area (Å²) in [6.07, 6.45) is 5.39. The van der Waals surface area contributed by atoms with Crippen molar-refractivity contribution in [3.8, 4) is 11.3 Å². The fraction of sp³-hybridized carbons (Fsp3) is 0. The molecule has 0 radical (unpaired) electrons. The van der Waals surface area contributed by atoms with Crippen molar-refractivity contribution in [1.29, 1.82) is 0 Å². The van der Waals surface area contributed by atoms with E-state index in [1.807, 2.05) is 12.3 Å². The van der Waals surface area contributed by atoms with Gasteiger partial charge in [0.05, 0.1) is 11.9 Å². The second kappa shape index (κ2) is 3.20. The smallest absolute Gasteiger partial charge is 0.138 e. The maximum atomic E-state index is 4.26. The number of hydrogen-bond acceptors (Lipinski definition) is 2. The van der Waals surface area contributed by atoms with Crippen LogP contribution < -0.4 is 0 Å². The van der Waals surface area contributed by atoms with E-state index in [2.05, 4.69) is 42.2 Å². The SMILES string of the molecule is Brc1ccnc2[nH]c(-c3cn[nH]c3)cc12. The molecule has 0 aliphatic heterocycles. The third-order valence-electron chi connectivity index (χ3n) is 2.29. The lowest BCUT2D eigenvalue weighted by molar-refractivity contribution is 1.09. The van der Waals surface area contributed by atoms with Crippen LogP contribution in [0.3, 0.4) is 0 Å². The number of H-pyrrole nitrogens is 2. The molecule has 0 fully saturated rings. The Kier molecular flexibility index (Phi) is 1.85. The molecule has 0 unspecified atom stereocenters. The maximum absolute atomic E-state index is 4.26. The van der Waals surface area contributed by atoms with Gasteiger partial charge in [-0.25, -0.2) is 4.98 Å². The highest BCUT2D eigenvalue weighted by molar-refractivity contribution is 9.10. The maximum Gasteiger partial charge on any atom is 0.138 e. The molecule has 3 aromatic rings. The van der Waals surface area contributed by atoms with Crippen molar-refractivity contribution < 1.29 is 0 Å². The average molecular weight is 263 g/mol. The Balaban J connectivity index is 2.27. The topological polar surface area (TPSA) is 57.4 Å². The molecule has 0 atom stereocenters. The highest BCUT2D eigenvalue weighted by Gasteiger charge is 2.06. The predicted molar refractivity (Wildman–Crippen MR) is 61.4 cm³/mol. The molecule has 3 heterocycles. The van der Waals surface area contributed by atoms with Crippen molar-refractivity contribution in [2.24, 2.45) is 0 Å². The van der Waals surface area contributed by atoms with Crippen LogP contribution in [0.5, 0.6) is 0 Å². The molecule has 0 saturated carbocycles. The van der Waals surface area contributed by atoms with Crippen molar-refractivity contribution >= 4 is 27.0 Å². The molecular weight excluding hydrogens is 256 g/mol. The van der Waals surface area contributed by atoms with E-state index in [-0.39, 0.29) is 0 Å². The van der Waals surface area contributed by atoms with Crippen molar-refractivity contribution in [3.05, 3.63) is 35.2 Å². The minimum absolute atomic E-state index is 0.876. The van der Waals surface area contributed by atoms with Crippen molar-refractivity contribution in [2.45, 2.75) is 0 Å². The number of nitrogens with zero attached hydrogens (tertiary/aromatic N) is 2. The summed E-state index contributed by atoms with van der Waals surface area (Å²) in [4.78, 5) is 7.49. The van der Waals surface area contributed by atoms with E-state index in [1.54, 1.807) is 12.4 Å². The average Bonchev–Trinajstić information content (AvgIpc) is 2.86. The van der Waals surface area contributed by atoms with Gasteiger partial charge in [0.15, 0.2) is 0 Å². The summed E-state index contributed by atoms with van der Waals surface area (Å²) < 4.78 is 1.04. The number of halogens is 1. The largest absolute Gasteiger partial charge is 0.339 e. The predicted octanol–water partition coefficient (Wildman–Crippen LogP) is 2.72. The summed E-state index contributed by atoms with van der Waals surface area (Å²) in [6, 6.07) is 3.98. The minimum atomic E-state index is 0.876. The third-order valence-corrected chi connectivity index (χ3v) is 2.98. The van der Waals surface area contributed by atoms with Gasteiger partial charge in [0.1, 0.15) is 5.65 Å². The summed E-state index contributed by atoms with van der Waals surface area (Å²) in [5.41, 5.74) is 2.92. The number of nitrogens with one attached hydrogen (secondary N) is 2. The Labute approximate surface area is 93.9 Å². The van der Waals surface area contributed by atoms with Gasteiger partial charge in [-0.05, 0) is 28.1 Å². The van der Waals surface area contributed by atoms with Crippen LogP contribution in [-0.4, -0.2) is 20.2 Å². The van der Waals surface area contributed by atoms with E-state index >= 15 is 0 Å². The van der Waals surface area contributed by atoms with Crippen LogP contribution in [0.4, 0.5) is 0 Å². The molecule has 4 nitrogen and oxygen atoms in total. The Morgan fingerprint density at radius 1 is 1.33 bits per heavy atom. The zero-order valence-electron chi connectivity index (χ0n) is 7.66. The van der Waals surface area contributed by atoms with Crippen molar-refractivity contribution in [2.75, 3.05) is 0 Å². The molecule has 15 heavy (non-hydrogen) atoms. The molecule has 0 aromatic carbocycles. The Bertz CT molecular complexity index is 597. The molecule has 0 aliphatic carbocycles. The number of pyridine rings is 1. The first-order chi connectivity index (χ1) is 7.34. The third kappa shape index (κ3) is 1.35. The van der Waals surface area contributed by atoms with Crippen LogP contribution in [0, 0.1) is 0 Å². The number of aromatic nitrogens is 4. The lowest BCUT2D eigenvalue weighted by Crippen LogP contribution is -1.75. The summed E-state index contributed by atoms with van der Waals surface area (Å²) >= 11 is 3.49. The molecule has 3 rings (SSSR count). The molecule has 5 heteroatoms. The zero-order valence-corrected chi connectivity index (χ0v) is 9.25. The number of hydrogen-bond donors (Lipinski definition) is 2. The van der Waals surface area contributed by atoms with Gasteiger partial charge in [-0.3, -0.25) is 5.10 Å². The van der Waals surface area contributed by atoms with E-state index in [0.717, 1.165) is 26.8 Å². The molecule has 2 N–H and O–H groups in total. The first-order valence-electron chi connectivity index (χ1n) is 4.47. The van der Waals surface area contributed by atoms with Gasteiger partial charge in [0, 0.05) is 27.8 Å². The molecule has 0 saturated heterocycles. The summed E-state index contributed by atoms with van der Waals surface area (Å²) in [6.45, 7) is 0. The van der Waals surface area contributed by atoms with E-state index in [9.17, 15) is 0 Å². The second-order valence-electron chi connectivity index (χ2n) is 3.23. The number of aromatic amines is 2. The monoisotopic (exact) mass is 262 g/mol. The van der Waals surface area contributed by atoms with Gasteiger partial charge in [-0.15, -0.1) is 0 Å². The number of rotatable bonds is 1. The Morgan fingerprint density at radius 2 is 2.27 bits per heavy atom. The van der Waals surface area contributed by atoms with Gasteiger partial charge < -0.3 is 4.98 Å². The van der Waals surface area contributed by atoms with E-state index in [4.69, 9.17) is 0 Å². The van der Waals surface area contributed by atoms with Crippen LogP contribution in [-0.2, 0) is 0 Å². The second-order valence-corrected chi connectivity index (χ2v) is 4.08. The fourth-order valence-electron chi connectivity index (χ4n) is 1.55. The van der Waals surface area contributed by atoms with Crippen molar-refractivity contribution in [3.63, 3.8) is 0 Å². The molecular formula is C10H7BrN4. The van der Waals surface area contributed by atoms with Gasteiger partial charge >= 0.3 is 0 Å². The normalized spacial score (nSPS) is 11.0. The highest BCUT2D eigenvalue weighted by atomic mass is 79.9. The summed E-state index contributed by atoms with van der Waals surface area (Å²) in [5.74, 6) is 0. The lowest BCUT2D eigenvalue weighted by Gasteiger charge is -1.89. The summed E-state index contributed by atoms with van der Waals surface area (Å²) in [5, 5.41) is 7.78. The van der Waals surface area contributed by atoms with E-state index < -0.39 is 0 Å². The van der Waals surface area contributed by atoms with Crippen molar-refractivity contribution in [1.82, 2.24) is 20.2 Å². The summed E-state index contributed by atoms with van der Waals surface area (Å²) in [7, 11) is 0. The first kappa shape index (κ1) is 8.67.